The summed E-state index contributed by atoms with van der Waals surface area (Å²) >= 11 is 0. The summed E-state index contributed by atoms with van der Waals surface area (Å²) in [5, 5.41) is 2.57. The van der Waals surface area contributed by atoms with Crippen LogP contribution in [0.25, 0.3) is 0 Å². The number of hydrogen-bond donors (Lipinski definition) is 1. The predicted octanol–water partition coefficient (Wildman–Crippen LogP) is 2.86. The van der Waals surface area contributed by atoms with Crippen molar-refractivity contribution in [1.29, 1.82) is 0 Å². The molecule has 0 spiro atoms. The molecule has 0 atom stereocenters. The van der Waals surface area contributed by atoms with Crippen molar-refractivity contribution < 1.29 is 22.8 Å². The van der Waals surface area contributed by atoms with Crippen LogP contribution >= 0.6 is 0 Å². The number of nitrogens with one attached hydrogen (secondary N) is 1. The molecular formula is C18H22F3N3O2. The molecule has 1 aromatic rings. The first-order valence-corrected chi connectivity index (χ1v) is 8.83. The van der Waals surface area contributed by atoms with Crippen molar-refractivity contribution in [3.63, 3.8) is 0 Å². The van der Waals surface area contributed by atoms with Gasteiger partial charge in [0, 0.05) is 38.6 Å². The summed E-state index contributed by atoms with van der Waals surface area (Å²) in [6.07, 6.45) is -1.89. The molecule has 3 amide bonds. The van der Waals surface area contributed by atoms with Crippen molar-refractivity contribution in [2.45, 2.75) is 32.0 Å². The van der Waals surface area contributed by atoms with Crippen LogP contribution in [0.1, 0.15) is 30.4 Å². The first-order chi connectivity index (χ1) is 12.4. The van der Waals surface area contributed by atoms with E-state index < -0.39 is 17.8 Å². The number of halogens is 3. The minimum Gasteiger partial charge on any atom is -0.341 e. The van der Waals surface area contributed by atoms with E-state index in [-0.39, 0.29) is 23.9 Å². The SMILES string of the molecule is O=C(NCc1ccccc1C(F)(F)F)N1CCCN(C(=O)C2CC2)CC1. The molecule has 1 N–H and O–H groups in total. The van der Waals surface area contributed by atoms with Crippen LogP contribution in [0.2, 0.25) is 0 Å². The van der Waals surface area contributed by atoms with Crippen molar-refractivity contribution in [3.05, 3.63) is 35.4 Å². The number of hydrogen-bond acceptors (Lipinski definition) is 2. The lowest BCUT2D eigenvalue weighted by molar-refractivity contribution is -0.138. The molecule has 8 heteroatoms. The maximum absolute atomic E-state index is 13.0. The Morgan fingerprint density at radius 3 is 2.38 bits per heavy atom. The predicted molar refractivity (Wildman–Crippen MR) is 89.2 cm³/mol. The third kappa shape index (κ3) is 4.47. The smallest absolute Gasteiger partial charge is 0.341 e. The minimum atomic E-state index is -4.45. The van der Waals surface area contributed by atoms with Crippen molar-refractivity contribution in [1.82, 2.24) is 15.1 Å². The summed E-state index contributed by atoms with van der Waals surface area (Å²) < 4.78 is 39.0. The molecule has 1 heterocycles. The van der Waals surface area contributed by atoms with Gasteiger partial charge in [0.05, 0.1) is 5.56 Å². The maximum Gasteiger partial charge on any atom is 0.416 e. The van der Waals surface area contributed by atoms with Gasteiger partial charge in [-0.2, -0.15) is 13.2 Å². The topological polar surface area (TPSA) is 52.7 Å². The number of carbonyl (C=O) groups excluding carboxylic acids is 2. The highest BCUT2D eigenvalue weighted by Crippen LogP contribution is 2.32. The zero-order valence-corrected chi connectivity index (χ0v) is 14.4. The number of benzene rings is 1. The molecule has 1 aromatic carbocycles. The van der Waals surface area contributed by atoms with Crippen molar-refractivity contribution in [2.24, 2.45) is 5.92 Å². The quantitative estimate of drug-likeness (QED) is 0.891. The van der Waals surface area contributed by atoms with Gasteiger partial charge < -0.3 is 15.1 Å². The van der Waals surface area contributed by atoms with Crippen LogP contribution in [-0.4, -0.2) is 47.9 Å². The Balaban J connectivity index is 1.55. The van der Waals surface area contributed by atoms with E-state index >= 15 is 0 Å². The molecule has 0 radical (unpaired) electrons. The zero-order chi connectivity index (χ0) is 18.7. The van der Waals surface area contributed by atoms with Crippen molar-refractivity contribution in [3.8, 4) is 0 Å². The molecule has 142 valence electrons. The maximum atomic E-state index is 13.0. The normalized spacial score (nSPS) is 18.4. The third-order valence-corrected chi connectivity index (χ3v) is 4.77. The first-order valence-electron chi connectivity index (χ1n) is 8.83. The van der Waals surface area contributed by atoms with E-state index in [2.05, 4.69) is 5.32 Å². The highest BCUT2D eigenvalue weighted by molar-refractivity contribution is 5.81. The van der Waals surface area contributed by atoms with Crippen LogP contribution in [0.5, 0.6) is 0 Å². The van der Waals surface area contributed by atoms with Gasteiger partial charge in [0.1, 0.15) is 0 Å². The molecule has 2 fully saturated rings. The van der Waals surface area contributed by atoms with Gasteiger partial charge in [-0.1, -0.05) is 18.2 Å². The van der Waals surface area contributed by atoms with Crippen molar-refractivity contribution in [2.75, 3.05) is 26.2 Å². The molecule has 5 nitrogen and oxygen atoms in total. The molecule has 1 saturated heterocycles. The van der Waals surface area contributed by atoms with Crippen LogP contribution in [0, 0.1) is 5.92 Å². The fourth-order valence-electron chi connectivity index (χ4n) is 3.16. The lowest BCUT2D eigenvalue weighted by Crippen LogP contribution is -2.42. The summed E-state index contributed by atoms with van der Waals surface area (Å²) in [4.78, 5) is 27.8. The van der Waals surface area contributed by atoms with E-state index in [1.165, 1.54) is 18.2 Å². The Morgan fingerprint density at radius 1 is 1.04 bits per heavy atom. The van der Waals surface area contributed by atoms with Crippen LogP contribution < -0.4 is 5.32 Å². The summed E-state index contributed by atoms with van der Waals surface area (Å²) in [6.45, 7) is 1.79. The molecule has 3 rings (SSSR count). The molecular weight excluding hydrogens is 347 g/mol. The van der Waals surface area contributed by atoms with Crippen LogP contribution in [0.4, 0.5) is 18.0 Å². The molecule has 26 heavy (non-hydrogen) atoms. The molecule has 0 aromatic heterocycles. The van der Waals surface area contributed by atoms with Gasteiger partial charge in [-0.25, -0.2) is 4.79 Å². The van der Waals surface area contributed by atoms with Crippen LogP contribution in [0.15, 0.2) is 24.3 Å². The van der Waals surface area contributed by atoms with Gasteiger partial charge in [0.15, 0.2) is 0 Å². The summed E-state index contributed by atoms with van der Waals surface area (Å²) in [7, 11) is 0. The average Bonchev–Trinajstić information content (AvgIpc) is 3.44. The number of alkyl halides is 3. The minimum absolute atomic E-state index is 0.0358. The Hall–Kier alpha value is -2.25. The van der Waals surface area contributed by atoms with Gasteiger partial charge in [-0.05, 0) is 30.9 Å². The second-order valence-electron chi connectivity index (χ2n) is 6.75. The second-order valence-corrected chi connectivity index (χ2v) is 6.75. The second kappa shape index (κ2) is 7.55. The van der Waals surface area contributed by atoms with Gasteiger partial charge in [0.25, 0.3) is 0 Å². The van der Waals surface area contributed by atoms with Gasteiger partial charge in [-0.3, -0.25) is 4.79 Å². The van der Waals surface area contributed by atoms with E-state index in [1.54, 1.807) is 9.80 Å². The summed E-state index contributed by atoms with van der Waals surface area (Å²) in [6, 6.07) is 4.82. The first kappa shape index (κ1) is 18.5. The Labute approximate surface area is 150 Å². The fraction of sp³-hybridized carbons (Fsp3) is 0.556. The number of amides is 3. The Bertz CT molecular complexity index is 674. The van der Waals surface area contributed by atoms with E-state index in [0.29, 0.717) is 32.6 Å². The van der Waals surface area contributed by atoms with E-state index in [1.807, 2.05) is 0 Å². The number of nitrogens with zero attached hydrogens (tertiary/aromatic N) is 2. The number of urea groups is 1. The molecule has 0 bridgehead atoms. The summed E-state index contributed by atoms with van der Waals surface area (Å²) in [5.41, 5.74) is -0.703. The zero-order valence-electron chi connectivity index (χ0n) is 14.4. The fourth-order valence-corrected chi connectivity index (χ4v) is 3.16. The molecule has 2 aliphatic rings. The van der Waals surface area contributed by atoms with E-state index in [0.717, 1.165) is 18.9 Å². The van der Waals surface area contributed by atoms with Gasteiger partial charge in [0.2, 0.25) is 5.91 Å². The van der Waals surface area contributed by atoms with Gasteiger partial charge in [-0.15, -0.1) is 0 Å². The van der Waals surface area contributed by atoms with E-state index in [4.69, 9.17) is 0 Å². The molecule has 1 saturated carbocycles. The Morgan fingerprint density at radius 2 is 1.69 bits per heavy atom. The molecule has 0 unspecified atom stereocenters. The highest BCUT2D eigenvalue weighted by atomic mass is 19.4. The lowest BCUT2D eigenvalue weighted by atomic mass is 10.1. The monoisotopic (exact) mass is 369 g/mol. The number of carbonyl (C=O) groups is 2. The van der Waals surface area contributed by atoms with Gasteiger partial charge >= 0.3 is 12.2 Å². The Kier molecular flexibility index (Phi) is 5.38. The average molecular weight is 369 g/mol. The van der Waals surface area contributed by atoms with E-state index in [9.17, 15) is 22.8 Å². The standard InChI is InChI=1S/C18H22F3N3O2/c19-18(20,21)15-5-2-1-4-14(15)12-22-17(26)24-9-3-8-23(10-11-24)16(25)13-6-7-13/h1-2,4-5,13H,3,6-12H2,(H,22,26). The third-order valence-electron chi connectivity index (χ3n) is 4.77. The highest BCUT2D eigenvalue weighted by Gasteiger charge is 2.35. The van der Waals surface area contributed by atoms with Crippen LogP contribution in [-0.2, 0) is 17.5 Å². The van der Waals surface area contributed by atoms with Crippen molar-refractivity contribution >= 4 is 11.9 Å². The summed E-state index contributed by atoms with van der Waals surface area (Å²) in [5.74, 6) is 0.306. The molecule has 1 aliphatic heterocycles. The molecule has 1 aliphatic carbocycles. The largest absolute Gasteiger partial charge is 0.416 e. The van der Waals surface area contributed by atoms with Crippen LogP contribution in [0.3, 0.4) is 0 Å². The lowest BCUT2D eigenvalue weighted by Gasteiger charge is -2.23. The number of rotatable bonds is 3.